The molecule has 0 spiro atoms. The molecule has 1 saturated heterocycles. The molecule has 9 heteroatoms. The zero-order chi connectivity index (χ0) is 17.2. The zero-order valence-electron chi connectivity index (χ0n) is 13.6. The first kappa shape index (κ1) is 21.3. The molecule has 1 heterocycles. The Labute approximate surface area is 180 Å². The first-order valence-corrected chi connectivity index (χ1v) is 7.02. The third-order valence-electron chi connectivity index (χ3n) is 3.26. The van der Waals surface area contributed by atoms with Gasteiger partial charge in [0.15, 0.2) is 0 Å². The van der Waals surface area contributed by atoms with Crippen LogP contribution in [0.1, 0.15) is 18.9 Å². The first-order chi connectivity index (χ1) is 10.8. The smallest absolute Gasteiger partial charge is 0.876 e. The molecule has 0 bridgehead atoms. The predicted octanol–water partition coefficient (Wildman–Crippen LogP) is -1.19. The molecule has 0 radical (unpaired) electrons. The first-order valence-electron chi connectivity index (χ1n) is 7.02. The number of hydrogen-bond donors (Lipinski definition) is 1. The topological polar surface area (TPSA) is 64.6 Å². The fourth-order valence-electron chi connectivity index (χ4n) is 2.23. The van der Waals surface area contributed by atoms with Crippen LogP contribution in [0.2, 0.25) is 0 Å². The van der Waals surface area contributed by atoms with Gasteiger partial charge in [0.2, 0.25) is 6.17 Å². The molecule has 1 atom stereocenters. The zero-order valence-corrected chi connectivity index (χ0v) is 16.7. The van der Waals surface area contributed by atoms with E-state index in [4.69, 9.17) is 4.74 Å². The molecule has 0 saturated carbocycles. The molecule has 126 valence electrons. The van der Waals surface area contributed by atoms with E-state index in [1.54, 1.807) is 19.1 Å². The minimum absolute atomic E-state index is 0. The van der Waals surface area contributed by atoms with Crippen LogP contribution in [0.15, 0.2) is 30.2 Å². The number of alkyl halides is 3. The van der Waals surface area contributed by atoms with Crippen molar-refractivity contribution in [1.29, 1.82) is 0 Å². The van der Waals surface area contributed by atoms with Gasteiger partial charge in [0, 0.05) is 0 Å². The summed E-state index contributed by atoms with van der Waals surface area (Å²) in [6.07, 6.45) is -6.30. The Kier molecular flexibility index (Phi) is 7.61. The van der Waals surface area contributed by atoms with Gasteiger partial charge in [0.25, 0.3) is 5.91 Å². The minimum atomic E-state index is -4.74. The Balaban J connectivity index is 0.00000288. The van der Waals surface area contributed by atoms with Gasteiger partial charge < -0.3 is 15.2 Å². The van der Waals surface area contributed by atoms with E-state index in [0.717, 1.165) is 5.56 Å². The van der Waals surface area contributed by atoms with Gasteiger partial charge in [-0.3, -0.25) is 9.69 Å². The number of nitrogens with one attached hydrogen (secondary N) is 1. The Hall–Kier alpha value is -0.744. The summed E-state index contributed by atoms with van der Waals surface area (Å²) < 4.78 is 45.1. The van der Waals surface area contributed by atoms with Crippen LogP contribution in [0, 0.1) is 6.92 Å². The van der Waals surface area contributed by atoms with Crippen LogP contribution in [-0.2, 0) is 4.79 Å². The van der Waals surface area contributed by atoms with Crippen LogP contribution in [0.4, 0.5) is 18.9 Å². The summed E-state index contributed by atoms with van der Waals surface area (Å²) in [7, 11) is 0. The van der Waals surface area contributed by atoms with Gasteiger partial charge in [-0.05, 0) is 31.0 Å². The van der Waals surface area contributed by atoms with Gasteiger partial charge in [0.1, 0.15) is 5.75 Å². The number of rotatable bonds is 4. The minimum Gasteiger partial charge on any atom is -0.876 e. The summed E-state index contributed by atoms with van der Waals surface area (Å²) in [5.74, 6) is -0.865. The van der Waals surface area contributed by atoms with Gasteiger partial charge >= 0.3 is 57.6 Å². The molecule has 1 N–H and O–H groups in total. The molecule has 0 aromatic heterocycles. The fraction of sp³-hybridized carbons (Fsp3) is 0.400. The normalized spacial score (nSPS) is 19.2. The van der Waals surface area contributed by atoms with E-state index >= 15 is 0 Å². The third kappa shape index (κ3) is 4.45. The maximum Gasteiger partial charge on any atom is 1.00 e. The van der Waals surface area contributed by atoms with E-state index in [1.807, 2.05) is 12.2 Å². The second-order valence-corrected chi connectivity index (χ2v) is 5.11. The van der Waals surface area contributed by atoms with E-state index in [9.17, 15) is 23.1 Å². The Morgan fingerprint density at radius 1 is 1.42 bits per heavy atom. The maximum absolute atomic E-state index is 13.2. The Morgan fingerprint density at radius 2 is 2.08 bits per heavy atom. The molecule has 2 rings (SSSR count). The largest absolute Gasteiger partial charge is 1.00 e. The van der Waals surface area contributed by atoms with Crippen LogP contribution in [0.5, 0.6) is 5.75 Å². The summed E-state index contributed by atoms with van der Waals surface area (Å²) in [6, 6.07) is 4.52. The van der Waals surface area contributed by atoms with Gasteiger partial charge in [-0.1, -0.05) is 13.0 Å². The number of halogens is 3. The van der Waals surface area contributed by atoms with Crippen LogP contribution in [-0.4, -0.2) is 24.9 Å². The molecular weight excluding hydrogens is 352 g/mol. The van der Waals surface area contributed by atoms with Gasteiger partial charge in [-0.15, -0.1) is 6.26 Å². The van der Waals surface area contributed by atoms with Gasteiger partial charge in [-0.25, -0.2) is 0 Å². The summed E-state index contributed by atoms with van der Waals surface area (Å²) >= 11 is 0. The fourth-order valence-corrected chi connectivity index (χ4v) is 2.23. The van der Waals surface area contributed by atoms with Gasteiger partial charge in [-0.2, -0.15) is 13.2 Å². The number of carbonyl (C=O) groups excluding carboxylic acids is 1. The van der Waals surface area contributed by atoms with Crippen molar-refractivity contribution in [3.05, 3.63) is 35.7 Å². The summed E-state index contributed by atoms with van der Waals surface area (Å²) in [4.78, 5) is 12.7. The number of aryl methyl sites for hydroxylation is 1. The monoisotopic (exact) mass is 368 g/mol. The maximum atomic E-state index is 13.2. The molecule has 1 aliphatic rings. The molecular formula is C15H16F3KN2O3. The van der Waals surface area contributed by atoms with Crippen molar-refractivity contribution in [1.82, 2.24) is 5.32 Å². The molecule has 1 aliphatic heterocycles. The number of ether oxygens (including phenoxy) is 1. The summed E-state index contributed by atoms with van der Waals surface area (Å²) in [5.41, 5.74) is 0.123. The Morgan fingerprint density at radius 3 is 2.62 bits per heavy atom. The summed E-state index contributed by atoms with van der Waals surface area (Å²) in [6.45, 7) is 3.92. The number of hydrogen-bond acceptors (Lipinski definition) is 4. The van der Waals surface area contributed by atoms with E-state index < -0.39 is 23.9 Å². The van der Waals surface area contributed by atoms with Crippen molar-refractivity contribution < 1.29 is 79.2 Å². The van der Waals surface area contributed by atoms with Gasteiger partial charge in [0.05, 0.1) is 18.0 Å². The van der Waals surface area contributed by atoms with Crippen molar-refractivity contribution in [3.63, 3.8) is 0 Å². The van der Waals surface area contributed by atoms with E-state index in [0.29, 0.717) is 17.9 Å². The van der Waals surface area contributed by atoms with Crippen LogP contribution in [0.3, 0.4) is 0 Å². The van der Waals surface area contributed by atoms with Crippen LogP contribution >= 0.6 is 0 Å². The quantitative estimate of drug-likeness (QED) is 0.413. The molecule has 5 nitrogen and oxygen atoms in total. The van der Waals surface area contributed by atoms with Crippen molar-refractivity contribution in [3.8, 4) is 5.75 Å². The second kappa shape index (κ2) is 8.57. The number of amides is 1. The summed E-state index contributed by atoms with van der Waals surface area (Å²) in [5, 5.41) is 12.8. The van der Waals surface area contributed by atoms with E-state index in [-0.39, 0.29) is 69.1 Å². The average Bonchev–Trinajstić information content (AvgIpc) is 2.82. The number of anilines is 1. The predicted molar refractivity (Wildman–Crippen MR) is 75.5 cm³/mol. The average molecular weight is 368 g/mol. The molecule has 1 aromatic carbocycles. The Bertz CT molecular complexity index is 635. The number of benzene rings is 1. The van der Waals surface area contributed by atoms with Crippen LogP contribution < -0.4 is 71.4 Å². The van der Waals surface area contributed by atoms with E-state index in [2.05, 4.69) is 0 Å². The van der Waals surface area contributed by atoms with Crippen molar-refractivity contribution in [2.75, 3.05) is 11.5 Å². The van der Waals surface area contributed by atoms with Crippen molar-refractivity contribution >= 4 is 11.6 Å². The van der Waals surface area contributed by atoms with Crippen LogP contribution in [0.25, 0.3) is 0 Å². The molecule has 1 amide bonds. The second-order valence-electron chi connectivity index (χ2n) is 5.11. The van der Waals surface area contributed by atoms with Crippen molar-refractivity contribution in [2.24, 2.45) is 0 Å². The molecule has 0 aliphatic carbocycles. The molecule has 24 heavy (non-hydrogen) atoms. The van der Waals surface area contributed by atoms with Crippen molar-refractivity contribution in [2.45, 2.75) is 32.6 Å². The number of carbonyl (C=O) groups is 1. The molecule has 1 unspecified atom stereocenters. The molecule has 1 aromatic rings. The molecule has 1 fully saturated rings. The van der Waals surface area contributed by atoms with E-state index in [1.165, 1.54) is 6.07 Å². The third-order valence-corrected chi connectivity index (χ3v) is 3.26. The standard InChI is InChI=1S/C15H17F3N2O3.K/c1-3-6-23-12-7-9(2)4-5-11(12)20-13(22)10(8-21)19-14(20)15(16,17)18;/h4-5,7-8,14,19,21H,3,6H2,1-2H3;/q;+1/p-1/b10-8+;. The number of nitrogens with zero attached hydrogens (tertiary/aromatic N) is 1. The SMILES string of the molecule is CCCOc1cc(C)ccc1N1C(=O)/C(=C\[O-])NC1C(F)(F)F.[K+].